The van der Waals surface area contributed by atoms with Crippen molar-refractivity contribution in [2.24, 2.45) is 0 Å². The maximum atomic E-state index is 5.77. The number of aromatic nitrogens is 3. The molecule has 0 spiro atoms. The molecule has 0 radical (unpaired) electrons. The summed E-state index contributed by atoms with van der Waals surface area (Å²) in [5.41, 5.74) is 0.804. The lowest BCUT2D eigenvalue weighted by molar-refractivity contribution is 0.940. The predicted molar refractivity (Wildman–Crippen MR) is 50.7 cm³/mol. The first-order valence-corrected chi connectivity index (χ1v) is 4.39. The highest BCUT2D eigenvalue weighted by Gasteiger charge is 2.06. The molecule has 0 N–H and O–H groups in total. The van der Waals surface area contributed by atoms with Crippen LogP contribution in [0.4, 0.5) is 0 Å². The van der Waals surface area contributed by atoms with E-state index in [-0.39, 0.29) is 0 Å². The minimum Gasteiger partial charge on any atom is -0.236 e. The third-order valence-corrected chi connectivity index (χ3v) is 2.88. The average Bonchev–Trinajstić information content (AvgIpc) is 2.30. The molecule has 0 unspecified atom stereocenters. The van der Waals surface area contributed by atoms with Gasteiger partial charge in [-0.05, 0) is 28.7 Å². The molecule has 0 aliphatic heterocycles. The Balaban J connectivity index is 2.92. The molecule has 11 heavy (non-hydrogen) atoms. The highest BCUT2D eigenvalue weighted by Crippen LogP contribution is 2.19. The Morgan fingerprint density at radius 3 is 3.09 bits per heavy atom. The van der Waals surface area contributed by atoms with Crippen molar-refractivity contribution in [2.45, 2.75) is 0 Å². The number of nitrogens with zero attached hydrogens (tertiary/aromatic N) is 3. The van der Waals surface area contributed by atoms with Crippen LogP contribution in [0.15, 0.2) is 18.5 Å². The fourth-order valence-electron chi connectivity index (χ4n) is 0.832. The maximum Gasteiger partial charge on any atom is 0.169 e. The van der Waals surface area contributed by atoms with Gasteiger partial charge in [0.15, 0.2) is 10.8 Å². The van der Waals surface area contributed by atoms with Gasteiger partial charge < -0.3 is 0 Å². The van der Waals surface area contributed by atoms with Crippen molar-refractivity contribution in [3.05, 3.63) is 27.2 Å². The largest absolute Gasteiger partial charge is 0.236 e. The summed E-state index contributed by atoms with van der Waals surface area (Å²) in [7, 11) is 0. The second kappa shape index (κ2) is 2.60. The lowest BCUT2D eigenvalue weighted by Gasteiger charge is -1.87. The molecular formula is C6H3ClIN3. The molecular weight excluding hydrogens is 276 g/mol. The Kier molecular flexibility index (Phi) is 1.72. The summed E-state index contributed by atoms with van der Waals surface area (Å²) in [6, 6.07) is 1.81. The third-order valence-electron chi connectivity index (χ3n) is 1.30. The smallest absolute Gasteiger partial charge is 0.169 e. The quantitative estimate of drug-likeness (QED) is 0.690. The number of hydrogen-bond donors (Lipinski definition) is 0. The van der Waals surface area contributed by atoms with Gasteiger partial charge in [0.25, 0.3) is 0 Å². The molecule has 5 heteroatoms. The predicted octanol–water partition coefficient (Wildman–Crippen LogP) is 1.99. The fraction of sp³-hybridized carbons (Fsp3) is 0. The van der Waals surface area contributed by atoms with Gasteiger partial charge in [0, 0.05) is 12.4 Å². The Labute approximate surface area is 81.5 Å². The molecule has 56 valence electrons. The van der Waals surface area contributed by atoms with Gasteiger partial charge in [-0.3, -0.25) is 0 Å². The van der Waals surface area contributed by atoms with Crippen LogP contribution >= 0.6 is 34.2 Å². The van der Waals surface area contributed by atoms with E-state index in [0.29, 0.717) is 5.15 Å². The molecule has 2 aromatic rings. The Bertz CT molecular complexity index is 398. The summed E-state index contributed by atoms with van der Waals surface area (Å²) in [6.45, 7) is 0. The van der Waals surface area contributed by atoms with Crippen LogP contribution in [0.25, 0.3) is 5.65 Å². The first kappa shape index (κ1) is 7.30. The number of rotatable bonds is 0. The molecule has 0 aliphatic carbocycles. The van der Waals surface area contributed by atoms with E-state index in [9.17, 15) is 0 Å². The van der Waals surface area contributed by atoms with E-state index in [4.69, 9.17) is 11.6 Å². The van der Waals surface area contributed by atoms with Gasteiger partial charge in [-0.15, -0.1) is 0 Å². The zero-order valence-electron chi connectivity index (χ0n) is 5.33. The minimum absolute atomic E-state index is 0.504. The van der Waals surface area contributed by atoms with E-state index in [2.05, 4.69) is 32.7 Å². The van der Waals surface area contributed by atoms with Crippen LogP contribution in [0.2, 0.25) is 5.15 Å². The molecule has 0 amide bonds. The molecule has 0 aromatic carbocycles. The minimum atomic E-state index is 0.504. The molecule has 0 saturated heterocycles. The highest BCUT2D eigenvalue weighted by atomic mass is 127. The summed E-state index contributed by atoms with van der Waals surface area (Å²) < 4.78 is 2.55. The number of fused-ring (bicyclic) bond motifs is 1. The molecule has 2 rings (SSSR count). The topological polar surface area (TPSA) is 30.2 Å². The normalized spacial score (nSPS) is 10.7. The summed E-state index contributed by atoms with van der Waals surface area (Å²) in [4.78, 5) is 4.11. The van der Waals surface area contributed by atoms with Gasteiger partial charge >= 0.3 is 0 Å². The lowest BCUT2D eigenvalue weighted by atomic mass is 10.6. The van der Waals surface area contributed by atoms with E-state index < -0.39 is 0 Å². The average molecular weight is 279 g/mol. The highest BCUT2D eigenvalue weighted by molar-refractivity contribution is 14.1. The van der Waals surface area contributed by atoms with E-state index in [0.717, 1.165) is 9.22 Å². The van der Waals surface area contributed by atoms with Crippen LogP contribution in [-0.2, 0) is 0 Å². The van der Waals surface area contributed by atoms with Gasteiger partial charge in [-0.25, -0.2) is 9.50 Å². The van der Waals surface area contributed by atoms with Crippen molar-refractivity contribution in [3.63, 3.8) is 0 Å². The van der Waals surface area contributed by atoms with Crippen molar-refractivity contribution < 1.29 is 0 Å². The second-order valence-electron chi connectivity index (χ2n) is 1.99. The van der Waals surface area contributed by atoms with Crippen molar-refractivity contribution in [1.82, 2.24) is 14.6 Å². The molecule has 0 fully saturated rings. The van der Waals surface area contributed by atoms with E-state index in [1.165, 1.54) is 0 Å². The van der Waals surface area contributed by atoms with Gasteiger partial charge in [0.2, 0.25) is 0 Å². The lowest BCUT2D eigenvalue weighted by Crippen LogP contribution is -1.86. The van der Waals surface area contributed by atoms with E-state index >= 15 is 0 Å². The molecule has 0 saturated carbocycles. The van der Waals surface area contributed by atoms with Crippen LogP contribution < -0.4 is 0 Å². The van der Waals surface area contributed by atoms with Crippen LogP contribution in [0.3, 0.4) is 0 Å². The fourth-order valence-corrected chi connectivity index (χ4v) is 1.49. The molecule has 0 atom stereocenters. The molecule has 0 aliphatic rings. The Hall–Kier alpha value is -0.360. The third kappa shape index (κ3) is 1.10. The molecule has 2 aromatic heterocycles. The molecule has 2 heterocycles. The number of hydrogen-bond acceptors (Lipinski definition) is 2. The van der Waals surface area contributed by atoms with Crippen molar-refractivity contribution in [3.8, 4) is 0 Å². The van der Waals surface area contributed by atoms with Crippen molar-refractivity contribution >= 4 is 39.8 Å². The first-order valence-electron chi connectivity index (χ1n) is 2.93. The molecule has 0 bridgehead atoms. The summed E-state index contributed by atoms with van der Waals surface area (Å²) in [6.07, 6.45) is 3.53. The van der Waals surface area contributed by atoms with Crippen LogP contribution in [0, 0.1) is 3.57 Å². The van der Waals surface area contributed by atoms with Crippen LogP contribution in [0.5, 0.6) is 0 Å². The van der Waals surface area contributed by atoms with Gasteiger partial charge in [-0.1, -0.05) is 11.6 Å². The zero-order valence-corrected chi connectivity index (χ0v) is 8.24. The Morgan fingerprint density at radius 2 is 2.36 bits per heavy atom. The first-order chi connectivity index (χ1) is 5.29. The summed E-state index contributed by atoms with van der Waals surface area (Å²) in [5.74, 6) is 0. The van der Waals surface area contributed by atoms with Gasteiger partial charge in [0.1, 0.15) is 0 Å². The standard InChI is InChI=1S/C6H3ClIN3/c7-5-4(8)6-9-2-1-3-11(6)10-5/h1-3H. The zero-order chi connectivity index (χ0) is 7.84. The van der Waals surface area contributed by atoms with Gasteiger partial charge in [0.05, 0.1) is 3.57 Å². The van der Waals surface area contributed by atoms with E-state index in [1.807, 2.05) is 12.3 Å². The Morgan fingerprint density at radius 1 is 1.55 bits per heavy atom. The maximum absolute atomic E-state index is 5.77. The number of halogens is 2. The SMILES string of the molecule is Clc1nn2cccnc2c1I. The summed E-state index contributed by atoms with van der Waals surface area (Å²) in [5, 5.41) is 4.53. The monoisotopic (exact) mass is 279 g/mol. The van der Waals surface area contributed by atoms with Crippen LogP contribution in [0.1, 0.15) is 0 Å². The van der Waals surface area contributed by atoms with Crippen molar-refractivity contribution in [2.75, 3.05) is 0 Å². The molecule has 3 nitrogen and oxygen atoms in total. The van der Waals surface area contributed by atoms with Gasteiger partial charge in [-0.2, -0.15) is 5.10 Å². The second-order valence-corrected chi connectivity index (χ2v) is 3.43. The van der Waals surface area contributed by atoms with Crippen LogP contribution in [-0.4, -0.2) is 14.6 Å². The van der Waals surface area contributed by atoms with E-state index in [1.54, 1.807) is 10.7 Å². The summed E-state index contributed by atoms with van der Waals surface area (Å²) >= 11 is 7.89. The van der Waals surface area contributed by atoms with Crippen molar-refractivity contribution in [1.29, 1.82) is 0 Å².